The molecule has 0 saturated heterocycles. The molecule has 0 aliphatic carbocycles. The summed E-state index contributed by atoms with van der Waals surface area (Å²) in [4.78, 5) is 18.9. The quantitative estimate of drug-likeness (QED) is 0.716. The molecule has 0 N–H and O–H groups in total. The highest BCUT2D eigenvalue weighted by Gasteiger charge is 2.25. The predicted molar refractivity (Wildman–Crippen MR) is 76.2 cm³/mol. The second-order valence-corrected chi connectivity index (χ2v) is 5.95. The maximum absolute atomic E-state index is 9.44. The Balaban J connectivity index is -0.000000205. The van der Waals surface area contributed by atoms with Crippen molar-refractivity contribution in [3.8, 4) is 0 Å². The van der Waals surface area contributed by atoms with Crippen molar-refractivity contribution in [1.29, 1.82) is 0 Å². The standard InChI is InChI=1S/C9H20.2C3H6O/c1-7(2)9(5,6)8(3)4;2*1-3(2)4/h7-8H,1-6H3;2*1-2H3. The van der Waals surface area contributed by atoms with Crippen molar-refractivity contribution >= 4 is 11.6 Å². The lowest BCUT2D eigenvalue weighted by Gasteiger charge is -2.33. The molecule has 2 nitrogen and oxygen atoms in total. The molecule has 0 fully saturated rings. The van der Waals surface area contributed by atoms with Crippen LogP contribution in [0.5, 0.6) is 0 Å². The summed E-state index contributed by atoms with van der Waals surface area (Å²) in [7, 11) is 0. The lowest BCUT2D eigenvalue weighted by atomic mass is 9.72. The van der Waals surface area contributed by atoms with Crippen LogP contribution in [0.25, 0.3) is 0 Å². The smallest absolute Gasteiger partial charge is 0.126 e. The Hall–Kier alpha value is -0.660. The first-order valence-electron chi connectivity index (χ1n) is 6.29. The summed E-state index contributed by atoms with van der Waals surface area (Å²) in [6.07, 6.45) is 0. The third-order valence-electron chi connectivity index (χ3n) is 2.98. The van der Waals surface area contributed by atoms with Crippen LogP contribution in [-0.2, 0) is 9.59 Å². The van der Waals surface area contributed by atoms with Crippen LogP contribution < -0.4 is 0 Å². The van der Waals surface area contributed by atoms with Crippen LogP contribution in [0.1, 0.15) is 69.2 Å². The molecule has 17 heavy (non-hydrogen) atoms. The van der Waals surface area contributed by atoms with Gasteiger partial charge in [-0.1, -0.05) is 41.5 Å². The molecular weight excluding hydrogens is 212 g/mol. The minimum Gasteiger partial charge on any atom is -0.300 e. The Kier molecular flexibility index (Phi) is 13.3. The number of hydrogen-bond donors (Lipinski definition) is 0. The molecule has 0 aromatic carbocycles. The van der Waals surface area contributed by atoms with Crippen LogP contribution in [0, 0.1) is 17.3 Å². The third kappa shape index (κ3) is 21.2. The number of rotatable bonds is 2. The van der Waals surface area contributed by atoms with E-state index in [1.807, 2.05) is 0 Å². The van der Waals surface area contributed by atoms with E-state index in [4.69, 9.17) is 0 Å². The minimum atomic E-state index is 0.167. The summed E-state index contributed by atoms with van der Waals surface area (Å²) < 4.78 is 0. The third-order valence-corrected chi connectivity index (χ3v) is 2.98. The highest BCUT2D eigenvalue weighted by Crippen LogP contribution is 2.33. The number of hydrogen-bond acceptors (Lipinski definition) is 2. The van der Waals surface area contributed by atoms with Crippen LogP contribution in [0.4, 0.5) is 0 Å². The summed E-state index contributed by atoms with van der Waals surface area (Å²) in [6, 6.07) is 0. The summed E-state index contributed by atoms with van der Waals surface area (Å²) in [5, 5.41) is 0. The van der Waals surface area contributed by atoms with E-state index in [2.05, 4.69) is 41.5 Å². The van der Waals surface area contributed by atoms with Gasteiger partial charge in [-0.25, -0.2) is 0 Å². The zero-order valence-corrected chi connectivity index (χ0v) is 13.5. The Labute approximate surface area is 108 Å². The highest BCUT2D eigenvalue weighted by molar-refractivity contribution is 5.72. The summed E-state index contributed by atoms with van der Waals surface area (Å²) >= 11 is 0. The molecule has 104 valence electrons. The van der Waals surface area contributed by atoms with Crippen LogP contribution in [-0.4, -0.2) is 11.6 Å². The van der Waals surface area contributed by atoms with E-state index in [0.717, 1.165) is 11.8 Å². The topological polar surface area (TPSA) is 34.1 Å². The number of carbonyl (C=O) groups is 2. The molecule has 0 radical (unpaired) electrons. The highest BCUT2D eigenvalue weighted by atomic mass is 16.1. The Morgan fingerprint density at radius 2 is 0.824 bits per heavy atom. The molecule has 0 rings (SSSR count). The van der Waals surface area contributed by atoms with Crippen molar-refractivity contribution < 1.29 is 9.59 Å². The van der Waals surface area contributed by atoms with Crippen LogP contribution >= 0.6 is 0 Å². The van der Waals surface area contributed by atoms with Gasteiger partial charge in [0.1, 0.15) is 11.6 Å². The first-order valence-corrected chi connectivity index (χ1v) is 6.29. The largest absolute Gasteiger partial charge is 0.300 e. The molecule has 0 heterocycles. The van der Waals surface area contributed by atoms with E-state index in [9.17, 15) is 9.59 Å². The number of carbonyl (C=O) groups excluding carboxylic acids is 2. The van der Waals surface area contributed by atoms with E-state index in [1.54, 1.807) is 0 Å². The van der Waals surface area contributed by atoms with Gasteiger partial charge in [0.05, 0.1) is 0 Å². The molecule has 0 aliphatic heterocycles. The lowest BCUT2D eigenvalue weighted by molar-refractivity contribution is -0.115. The zero-order chi connectivity index (χ0) is 14.8. The zero-order valence-electron chi connectivity index (χ0n) is 13.5. The summed E-state index contributed by atoms with van der Waals surface area (Å²) in [6.45, 7) is 19.9. The van der Waals surface area contributed by atoms with Crippen molar-refractivity contribution in [2.24, 2.45) is 17.3 Å². The van der Waals surface area contributed by atoms with Gasteiger partial charge in [-0.15, -0.1) is 0 Å². The van der Waals surface area contributed by atoms with Crippen molar-refractivity contribution in [2.45, 2.75) is 69.2 Å². The summed E-state index contributed by atoms with van der Waals surface area (Å²) in [5.74, 6) is 1.91. The van der Waals surface area contributed by atoms with E-state index in [-0.39, 0.29) is 11.6 Å². The van der Waals surface area contributed by atoms with Gasteiger partial charge in [0, 0.05) is 0 Å². The molecule has 0 aromatic heterocycles. The molecule has 0 saturated carbocycles. The van der Waals surface area contributed by atoms with Crippen LogP contribution in [0.15, 0.2) is 0 Å². The molecule has 0 unspecified atom stereocenters. The summed E-state index contributed by atoms with van der Waals surface area (Å²) in [5.41, 5.74) is 0.500. The average Bonchev–Trinajstić information content (AvgIpc) is 2.00. The first-order chi connectivity index (χ1) is 7.35. The normalized spacial score (nSPS) is 10.1. The fourth-order valence-corrected chi connectivity index (χ4v) is 0.667. The lowest BCUT2D eigenvalue weighted by Crippen LogP contribution is -2.25. The molecule has 0 spiro atoms. The monoisotopic (exact) mass is 244 g/mol. The fourth-order valence-electron chi connectivity index (χ4n) is 0.667. The second-order valence-electron chi connectivity index (χ2n) is 5.95. The fraction of sp³-hybridized carbons (Fsp3) is 0.867. The van der Waals surface area contributed by atoms with E-state index >= 15 is 0 Å². The second kappa shape index (κ2) is 10.5. The number of ketones is 2. The van der Waals surface area contributed by atoms with Gasteiger partial charge in [0.15, 0.2) is 0 Å². The average molecular weight is 244 g/mol. The molecule has 0 aromatic rings. The molecule has 0 bridgehead atoms. The Bertz CT molecular complexity index is 183. The van der Waals surface area contributed by atoms with Crippen molar-refractivity contribution in [2.75, 3.05) is 0 Å². The molecule has 2 heteroatoms. The molecule has 0 aliphatic rings. The van der Waals surface area contributed by atoms with E-state index < -0.39 is 0 Å². The van der Waals surface area contributed by atoms with E-state index in [1.165, 1.54) is 27.7 Å². The SMILES string of the molecule is CC(C)=O.CC(C)=O.CC(C)C(C)(C)C(C)C. The van der Waals surface area contributed by atoms with Gasteiger partial charge in [0.25, 0.3) is 0 Å². The molecule has 0 amide bonds. The first kappa shape index (κ1) is 21.6. The van der Waals surface area contributed by atoms with Crippen molar-refractivity contribution in [1.82, 2.24) is 0 Å². The van der Waals surface area contributed by atoms with Gasteiger partial charge >= 0.3 is 0 Å². The van der Waals surface area contributed by atoms with E-state index in [0.29, 0.717) is 5.41 Å². The number of Topliss-reactive ketones (excluding diaryl/α,β-unsaturated/α-hetero) is 2. The van der Waals surface area contributed by atoms with Crippen molar-refractivity contribution in [3.05, 3.63) is 0 Å². The maximum Gasteiger partial charge on any atom is 0.126 e. The van der Waals surface area contributed by atoms with Crippen LogP contribution in [0.2, 0.25) is 0 Å². The maximum atomic E-state index is 9.44. The Morgan fingerprint density at radius 1 is 0.706 bits per heavy atom. The van der Waals surface area contributed by atoms with Gasteiger partial charge in [-0.3, -0.25) is 0 Å². The Morgan fingerprint density at radius 3 is 0.824 bits per heavy atom. The van der Waals surface area contributed by atoms with Gasteiger partial charge in [-0.05, 0) is 44.9 Å². The van der Waals surface area contributed by atoms with Gasteiger partial charge in [0.2, 0.25) is 0 Å². The minimum absolute atomic E-state index is 0.167. The van der Waals surface area contributed by atoms with Gasteiger partial charge < -0.3 is 9.59 Å². The van der Waals surface area contributed by atoms with Crippen molar-refractivity contribution in [3.63, 3.8) is 0 Å². The van der Waals surface area contributed by atoms with Gasteiger partial charge in [-0.2, -0.15) is 0 Å². The van der Waals surface area contributed by atoms with Crippen LogP contribution in [0.3, 0.4) is 0 Å². The predicted octanol–water partition coefficient (Wildman–Crippen LogP) is 4.52. The molecule has 0 atom stereocenters. The molecular formula is C15H32O2.